The minimum Gasteiger partial charge on any atom is -0.382 e. The van der Waals surface area contributed by atoms with Crippen molar-refractivity contribution in [3.63, 3.8) is 0 Å². The molecule has 4 rings (SSSR count). The lowest BCUT2D eigenvalue weighted by Crippen LogP contribution is -2.25. The molecule has 0 aliphatic heterocycles. The summed E-state index contributed by atoms with van der Waals surface area (Å²) in [5.74, 6) is -0.410. The van der Waals surface area contributed by atoms with Crippen molar-refractivity contribution < 1.29 is 14.3 Å². The van der Waals surface area contributed by atoms with Crippen LogP contribution < -0.4 is 5.73 Å². The van der Waals surface area contributed by atoms with Gasteiger partial charge in [-0.15, -0.1) is 0 Å². The number of primary amides is 1. The summed E-state index contributed by atoms with van der Waals surface area (Å²) in [4.78, 5) is 12.2. The maximum Gasteiger partial charge on any atom is 0.250 e. The Morgan fingerprint density at radius 1 is 1.25 bits per heavy atom. The Morgan fingerprint density at radius 3 is 2.75 bits per heavy atom. The number of fused-ring (bicyclic) bond motifs is 1. The van der Waals surface area contributed by atoms with Crippen molar-refractivity contribution in [3.8, 4) is 11.1 Å². The molecule has 3 aromatic rings. The number of aromatic nitrogens is 3. The van der Waals surface area contributed by atoms with E-state index in [0.717, 1.165) is 47.7 Å². The highest BCUT2D eigenvalue weighted by Gasteiger charge is 2.25. The fourth-order valence-corrected chi connectivity index (χ4v) is 4.16. The average molecular weight is 382 g/mol. The Hall–Kier alpha value is -2.64. The number of nitrogens with one attached hydrogen (secondary N) is 1. The Morgan fingerprint density at radius 2 is 2.07 bits per heavy atom. The zero-order valence-electron chi connectivity index (χ0n) is 16.1. The molecule has 2 heterocycles. The van der Waals surface area contributed by atoms with Crippen molar-refractivity contribution in [1.82, 2.24) is 14.8 Å². The van der Waals surface area contributed by atoms with Crippen LogP contribution in [-0.4, -0.2) is 47.1 Å². The van der Waals surface area contributed by atoms with Crippen LogP contribution in [0, 0.1) is 0 Å². The van der Waals surface area contributed by atoms with Crippen LogP contribution >= 0.6 is 0 Å². The lowest BCUT2D eigenvalue weighted by Gasteiger charge is -2.30. The first-order valence-electron chi connectivity index (χ1n) is 9.71. The average Bonchev–Trinajstić information content (AvgIpc) is 3.38. The number of methoxy groups -OCH3 is 1. The molecular formula is C21H26N4O3. The quantitative estimate of drug-likeness (QED) is 0.613. The van der Waals surface area contributed by atoms with E-state index in [1.165, 1.54) is 0 Å². The molecule has 1 aliphatic rings. The molecule has 0 saturated heterocycles. The van der Waals surface area contributed by atoms with Gasteiger partial charge in [0, 0.05) is 36.5 Å². The van der Waals surface area contributed by atoms with Gasteiger partial charge in [-0.2, -0.15) is 5.10 Å². The molecule has 7 heteroatoms. The highest BCUT2D eigenvalue weighted by Crippen LogP contribution is 2.35. The van der Waals surface area contributed by atoms with E-state index in [2.05, 4.69) is 33.1 Å². The number of carbonyl (C=O) groups excluding carboxylic acids is 1. The van der Waals surface area contributed by atoms with E-state index < -0.39 is 5.91 Å². The summed E-state index contributed by atoms with van der Waals surface area (Å²) in [5, 5.41) is 7.83. The highest BCUT2D eigenvalue weighted by molar-refractivity contribution is 6.07. The SMILES string of the molecule is COCCOC1CCC(n2ccc3cc(-c4cn[nH]c4)cc(C(N)=O)c32)CC1. The van der Waals surface area contributed by atoms with E-state index in [4.69, 9.17) is 15.2 Å². The molecule has 3 N–H and O–H groups in total. The van der Waals surface area contributed by atoms with E-state index in [0.29, 0.717) is 24.8 Å². The van der Waals surface area contributed by atoms with E-state index in [1.54, 1.807) is 13.3 Å². The van der Waals surface area contributed by atoms with Crippen LogP contribution in [0.5, 0.6) is 0 Å². The van der Waals surface area contributed by atoms with Crippen molar-refractivity contribution >= 4 is 16.8 Å². The summed E-state index contributed by atoms with van der Waals surface area (Å²) in [6, 6.07) is 6.36. The van der Waals surface area contributed by atoms with Crippen molar-refractivity contribution in [1.29, 1.82) is 0 Å². The van der Waals surface area contributed by atoms with Gasteiger partial charge in [-0.1, -0.05) is 0 Å². The van der Waals surface area contributed by atoms with Gasteiger partial charge in [0.1, 0.15) is 0 Å². The fourth-order valence-electron chi connectivity index (χ4n) is 4.16. The molecule has 1 saturated carbocycles. The summed E-state index contributed by atoms with van der Waals surface area (Å²) in [6.45, 7) is 1.27. The standard InChI is InChI=1S/C21H26N4O3/c1-27-8-9-28-18-4-2-17(3-5-18)25-7-6-14-10-15(16-12-23-24-13-16)11-19(20(14)25)21(22)26/h6-7,10-13,17-18H,2-5,8-9H2,1H3,(H2,22,26)(H,23,24). The second kappa shape index (κ2) is 8.16. The van der Waals surface area contributed by atoms with Crippen LogP contribution in [0.25, 0.3) is 22.0 Å². The first kappa shape index (κ1) is 18.7. The molecule has 0 spiro atoms. The summed E-state index contributed by atoms with van der Waals surface area (Å²) >= 11 is 0. The Balaban J connectivity index is 1.60. The molecule has 0 unspecified atom stereocenters. The molecule has 0 radical (unpaired) electrons. The number of carbonyl (C=O) groups is 1. The van der Waals surface area contributed by atoms with Gasteiger partial charge in [0.15, 0.2) is 0 Å². The number of hydrogen-bond acceptors (Lipinski definition) is 4. The Kier molecular flexibility index (Phi) is 5.45. The van der Waals surface area contributed by atoms with Gasteiger partial charge in [0.25, 0.3) is 5.91 Å². The number of H-pyrrole nitrogens is 1. The van der Waals surface area contributed by atoms with Crippen LogP contribution in [0.1, 0.15) is 42.1 Å². The second-order valence-electron chi connectivity index (χ2n) is 7.33. The third kappa shape index (κ3) is 3.68. The third-order valence-corrected chi connectivity index (χ3v) is 5.59. The number of aromatic amines is 1. The number of benzene rings is 1. The van der Waals surface area contributed by atoms with Gasteiger partial charge < -0.3 is 19.8 Å². The second-order valence-corrected chi connectivity index (χ2v) is 7.33. The van der Waals surface area contributed by atoms with Gasteiger partial charge in [-0.25, -0.2) is 0 Å². The predicted octanol–water partition coefficient (Wildman–Crippen LogP) is 3.28. The zero-order valence-corrected chi connectivity index (χ0v) is 16.1. The van der Waals surface area contributed by atoms with Crippen LogP contribution in [0.4, 0.5) is 0 Å². The van der Waals surface area contributed by atoms with Crippen LogP contribution in [0.3, 0.4) is 0 Å². The number of nitrogens with zero attached hydrogens (tertiary/aromatic N) is 2. The molecule has 2 aromatic heterocycles. The predicted molar refractivity (Wildman–Crippen MR) is 107 cm³/mol. The maximum atomic E-state index is 12.2. The molecule has 1 fully saturated rings. The van der Waals surface area contributed by atoms with Gasteiger partial charge in [-0.05, 0) is 49.4 Å². The first-order valence-corrected chi connectivity index (χ1v) is 9.71. The maximum absolute atomic E-state index is 12.2. The van der Waals surface area contributed by atoms with Crippen molar-refractivity contribution in [2.75, 3.05) is 20.3 Å². The van der Waals surface area contributed by atoms with E-state index >= 15 is 0 Å². The van der Waals surface area contributed by atoms with Crippen LogP contribution in [-0.2, 0) is 9.47 Å². The molecule has 1 aromatic carbocycles. The topological polar surface area (TPSA) is 95.2 Å². The molecule has 1 amide bonds. The lowest BCUT2D eigenvalue weighted by atomic mass is 9.92. The van der Waals surface area contributed by atoms with Crippen LogP contribution in [0.15, 0.2) is 36.8 Å². The first-order chi connectivity index (χ1) is 13.7. The van der Waals surface area contributed by atoms with Crippen molar-refractivity contribution in [2.45, 2.75) is 37.8 Å². The normalized spacial score (nSPS) is 19.9. The number of rotatable bonds is 7. The molecule has 28 heavy (non-hydrogen) atoms. The van der Waals surface area contributed by atoms with Crippen molar-refractivity contribution in [3.05, 3.63) is 42.4 Å². The minimum atomic E-state index is -0.410. The number of nitrogens with two attached hydrogens (primary N) is 1. The Bertz CT molecular complexity index is 940. The summed E-state index contributed by atoms with van der Waals surface area (Å²) in [7, 11) is 1.69. The highest BCUT2D eigenvalue weighted by atomic mass is 16.5. The van der Waals surface area contributed by atoms with Crippen molar-refractivity contribution in [2.24, 2.45) is 5.73 Å². The smallest absolute Gasteiger partial charge is 0.250 e. The molecule has 0 bridgehead atoms. The fraction of sp³-hybridized carbons (Fsp3) is 0.429. The van der Waals surface area contributed by atoms with E-state index in [9.17, 15) is 4.79 Å². The number of amides is 1. The summed E-state index contributed by atoms with van der Waals surface area (Å²) < 4.78 is 13.2. The summed E-state index contributed by atoms with van der Waals surface area (Å²) in [5.41, 5.74) is 9.08. The monoisotopic (exact) mass is 382 g/mol. The largest absolute Gasteiger partial charge is 0.382 e. The van der Waals surface area contributed by atoms with Gasteiger partial charge in [0.05, 0.1) is 36.6 Å². The molecule has 1 aliphatic carbocycles. The summed E-state index contributed by atoms with van der Waals surface area (Å²) in [6.07, 6.45) is 9.97. The Labute approximate surface area is 163 Å². The van der Waals surface area contributed by atoms with Gasteiger partial charge in [0.2, 0.25) is 0 Å². The van der Waals surface area contributed by atoms with E-state index in [1.807, 2.05) is 12.3 Å². The third-order valence-electron chi connectivity index (χ3n) is 5.59. The van der Waals surface area contributed by atoms with Gasteiger partial charge >= 0.3 is 0 Å². The molecule has 148 valence electrons. The molecule has 0 atom stereocenters. The van der Waals surface area contributed by atoms with Gasteiger partial charge in [-0.3, -0.25) is 9.89 Å². The number of ether oxygens (including phenoxy) is 2. The number of hydrogen-bond donors (Lipinski definition) is 2. The molecule has 7 nitrogen and oxygen atoms in total. The lowest BCUT2D eigenvalue weighted by molar-refractivity contribution is -0.00619. The van der Waals surface area contributed by atoms with Crippen LogP contribution in [0.2, 0.25) is 0 Å². The zero-order chi connectivity index (χ0) is 19.5. The van der Waals surface area contributed by atoms with E-state index in [-0.39, 0.29) is 6.10 Å². The molecular weight excluding hydrogens is 356 g/mol. The minimum absolute atomic E-state index is 0.288.